The van der Waals surface area contributed by atoms with Gasteiger partial charge in [-0.2, -0.15) is 0 Å². The molecule has 2 amide bonds. The maximum atomic E-state index is 12.0. The summed E-state index contributed by atoms with van der Waals surface area (Å²) in [4.78, 5) is 26.4. The molecular formula is C15H22N2O3S. The first kappa shape index (κ1) is 16.0. The molecule has 5 nitrogen and oxygen atoms in total. The molecule has 6 heteroatoms. The van der Waals surface area contributed by atoms with Crippen LogP contribution >= 0.6 is 11.3 Å². The topological polar surface area (TPSA) is 58.6 Å². The van der Waals surface area contributed by atoms with Crippen molar-refractivity contribution in [1.82, 2.24) is 10.2 Å². The number of carbonyl (C=O) groups is 2. The van der Waals surface area contributed by atoms with Crippen molar-refractivity contribution in [3.05, 3.63) is 22.4 Å². The maximum Gasteiger partial charge on any atom is 0.261 e. The van der Waals surface area contributed by atoms with Gasteiger partial charge in [0.2, 0.25) is 5.91 Å². The average molecular weight is 310 g/mol. The third-order valence-electron chi connectivity index (χ3n) is 3.73. The van der Waals surface area contributed by atoms with Crippen LogP contribution in [0.15, 0.2) is 17.5 Å². The lowest BCUT2D eigenvalue weighted by Gasteiger charge is -2.31. The maximum absolute atomic E-state index is 12.0. The normalized spacial score (nSPS) is 16.0. The number of hydrogen-bond donors (Lipinski definition) is 1. The number of amides is 2. The van der Waals surface area contributed by atoms with Crippen LogP contribution in [0.4, 0.5) is 0 Å². The van der Waals surface area contributed by atoms with E-state index in [2.05, 4.69) is 5.32 Å². The van der Waals surface area contributed by atoms with Gasteiger partial charge in [-0.25, -0.2) is 0 Å². The van der Waals surface area contributed by atoms with E-state index in [4.69, 9.17) is 4.74 Å². The Morgan fingerprint density at radius 3 is 2.81 bits per heavy atom. The van der Waals surface area contributed by atoms with Gasteiger partial charge in [-0.1, -0.05) is 6.07 Å². The lowest BCUT2D eigenvalue weighted by molar-refractivity contribution is -0.133. The predicted octanol–water partition coefficient (Wildman–Crippen LogP) is 1.90. The zero-order valence-corrected chi connectivity index (χ0v) is 13.2. The number of ether oxygens (including phenoxy) is 1. The van der Waals surface area contributed by atoms with Crippen molar-refractivity contribution in [3.8, 4) is 0 Å². The molecule has 0 spiro atoms. The van der Waals surface area contributed by atoms with Gasteiger partial charge in [-0.3, -0.25) is 9.59 Å². The van der Waals surface area contributed by atoms with Gasteiger partial charge in [0.25, 0.3) is 5.91 Å². The fourth-order valence-corrected chi connectivity index (χ4v) is 3.08. The Morgan fingerprint density at radius 2 is 2.19 bits per heavy atom. The van der Waals surface area contributed by atoms with E-state index in [1.165, 1.54) is 11.3 Å². The van der Waals surface area contributed by atoms with Gasteiger partial charge < -0.3 is 15.0 Å². The third kappa shape index (κ3) is 4.82. The molecule has 0 atom stereocenters. The summed E-state index contributed by atoms with van der Waals surface area (Å²) in [6.45, 7) is 2.09. The molecule has 1 fully saturated rings. The lowest BCUT2D eigenvalue weighted by Crippen LogP contribution is -2.40. The number of rotatable bonds is 6. The molecule has 116 valence electrons. The van der Waals surface area contributed by atoms with Crippen molar-refractivity contribution in [2.75, 3.05) is 26.7 Å². The minimum atomic E-state index is -0.0571. The van der Waals surface area contributed by atoms with Crippen LogP contribution in [0.3, 0.4) is 0 Å². The zero-order valence-electron chi connectivity index (χ0n) is 12.3. The summed E-state index contributed by atoms with van der Waals surface area (Å²) in [6.07, 6.45) is 3.29. The highest BCUT2D eigenvalue weighted by atomic mass is 32.1. The van der Waals surface area contributed by atoms with Crippen LogP contribution in [-0.2, 0) is 9.53 Å². The number of hydrogen-bond acceptors (Lipinski definition) is 4. The Morgan fingerprint density at radius 1 is 1.43 bits per heavy atom. The molecule has 1 aliphatic heterocycles. The molecule has 1 aromatic heterocycles. The van der Waals surface area contributed by atoms with Crippen LogP contribution in [0.2, 0.25) is 0 Å². The predicted molar refractivity (Wildman–Crippen MR) is 82.5 cm³/mol. The van der Waals surface area contributed by atoms with Crippen LogP contribution in [-0.4, -0.2) is 49.6 Å². The molecule has 0 aromatic carbocycles. The van der Waals surface area contributed by atoms with Gasteiger partial charge in [0.15, 0.2) is 0 Å². The number of methoxy groups -OCH3 is 1. The molecule has 0 aliphatic carbocycles. The SMILES string of the molecule is COC1CCN(C(=O)CCCNC(=O)c2cccs2)CC1. The molecule has 1 N–H and O–H groups in total. The third-order valence-corrected chi connectivity index (χ3v) is 4.59. The number of nitrogens with zero attached hydrogens (tertiary/aromatic N) is 1. The Hall–Kier alpha value is -1.40. The van der Waals surface area contributed by atoms with Gasteiger partial charge in [-0.05, 0) is 30.7 Å². The lowest BCUT2D eigenvalue weighted by atomic mass is 10.1. The van der Waals surface area contributed by atoms with Gasteiger partial charge in [0.05, 0.1) is 11.0 Å². The molecule has 1 aliphatic rings. The van der Waals surface area contributed by atoms with E-state index in [9.17, 15) is 9.59 Å². The number of likely N-dealkylation sites (tertiary alicyclic amines) is 1. The van der Waals surface area contributed by atoms with Crippen LogP contribution in [0.1, 0.15) is 35.4 Å². The van der Waals surface area contributed by atoms with E-state index in [0.717, 1.165) is 25.9 Å². The standard InChI is InChI=1S/C15H22N2O3S/c1-20-12-6-9-17(10-7-12)14(18)5-2-8-16-15(19)13-4-3-11-21-13/h3-4,11-12H,2,5-10H2,1H3,(H,16,19). The summed E-state index contributed by atoms with van der Waals surface area (Å²) in [6, 6.07) is 3.65. The summed E-state index contributed by atoms with van der Waals surface area (Å²) in [7, 11) is 1.72. The van der Waals surface area contributed by atoms with E-state index in [-0.39, 0.29) is 11.8 Å². The molecule has 1 aromatic rings. The van der Waals surface area contributed by atoms with Crippen LogP contribution in [0, 0.1) is 0 Å². The highest BCUT2D eigenvalue weighted by molar-refractivity contribution is 7.12. The molecule has 0 bridgehead atoms. The number of piperidine rings is 1. The fourth-order valence-electron chi connectivity index (χ4n) is 2.44. The summed E-state index contributed by atoms with van der Waals surface area (Å²) >= 11 is 1.42. The molecule has 21 heavy (non-hydrogen) atoms. The molecular weight excluding hydrogens is 288 g/mol. The molecule has 2 rings (SSSR count). The van der Waals surface area contributed by atoms with Gasteiger partial charge >= 0.3 is 0 Å². The minimum Gasteiger partial charge on any atom is -0.381 e. The van der Waals surface area contributed by atoms with E-state index in [1.807, 2.05) is 16.3 Å². The largest absolute Gasteiger partial charge is 0.381 e. The highest BCUT2D eigenvalue weighted by Gasteiger charge is 2.21. The summed E-state index contributed by atoms with van der Waals surface area (Å²) in [5.74, 6) is 0.119. The second-order valence-electron chi connectivity index (χ2n) is 5.15. The first-order valence-electron chi connectivity index (χ1n) is 7.33. The zero-order chi connectivity index (χ0) is 15.1. The Balaban J connectivity index is 1.60. The second-order valence-corrected chi connectivity index (χ2v) is 6.10. The number of carbonyl (C=O) groups excluding carboxylic acids is 2. The first-order valence-corrected chi connectivity index (χ1v) is 8.21. The molecule has 0 unspecified atom stereocenters. The smallest absolute Gasteiger partial charge is 0.261 e. The van der Waals surface area contributed by atoms with Crippen molar-refractivity contribution in [2.24, 2.45) is 0 Å². The second kappa shape index (κ2) is 8.14. The number of nitrogens with one attached hydrogen (secondary N) is 1. The van der Waals surface area contributed by atoms with Gasteiger partial charge in [0, 0.05) is 33.2 Å². The summed E-state index contributed by atoms with van der Waals surface area (Å²) in [5.41, 5.74) is 0. The Bertz CT molecular complexity index is 453. The average Bonchev–Trinajstić information content (AvgIpc) is 3.05. The molecule has 0 radical (unpaired) electrons. The van der Waals surface area contributed by atoms with Crippen molar-refractivity contribution in [1.29, 1.82) is 0 Å². The monoisotopic (exact) mass is 310 g/mol. The van der Waals surface area contributed by atoms with Crippen LogP contribution < -0.4 is 5.32 Å². The van der Waals surface area contributed by atoms with Gasteiger partial charge in [0.1, 0.15) is 0 Å². The fraction of sp³-hybridized carbons (Fsp3) is 0.600. The van der Waals surface area contributed by atoms with E-state index < -0.39 is 0 Å². The molecule has 2 heterocycles. The Kier molecular flexibility index (Phi) is 6.20. The quantitative estimate of drug-likeness (QED) is 0.816. The van der Waals surface area contributed by atoms with Crippen molar-refractivity contribution in [3.63, 3.8) is 0 Å². The van der Waals surface area contributed by atoms with Crippen LogP contribution in [0.5, 0.6) is 0 Å². The Labute approximate surface area is 129 Å². The van der Waals surface area contributed by atoms with E-state index >= 15 is 0 Å². The van der Waals surface area contributed by atoms with E-state index in [1.54, 1.807) is 13.2 Å². The molecule has 1 saturated heterocycles. The van der Waals surface area contributed by atoms with Crippen molar-refractivity contribution in [2.45, 2.75) is 31.8 Å². The van der Waals surface area contributed by atoms with Crippen LogP contribution in [0.25, 0.3) is 0 Å². The van der Waals surface area contributed by atoms with Crippen molar-refractivity contribution < 1.29 is 14.3 Å². The number of thiophene rings is 1. The first-order chi connectivity index (χ1) is 10.2. The van der Waals surface area contributed by atoms with Gasteiger partial charge in [-0.15, -0.1) is 11.3 Å². The highest BCUT2D eigenvalue weighted by Crippen LogP contribution is 2.14. The van der Waals surface area contributed by atoms with E-state index in [0.29, 0.717) is 30.4 Å². The summed E-state index contributed by atoms with van der Waals surface area (Å²) < 4.78 is 5.29. The summed E-state index contributed by atoms with van der Waals surface area (Å²) in [5, 5.41) is 4.72. The molecule has 0 saturated carbocycles. The van der Waals surface area contributed by atoms with Crippen molar-refractivity contribution >= 4 is 23.2 Å². The minimum absolute atomic E-state index is 0.0571.